The number of piperidine rings is 1. The van der Waals surface area contributed by atoms with Crippen molar-refractivity contribution in [3.63, 3.8) is 0 Å². The van der Waals surface area contributed by atoms with E-state index in [-0.39, 0.29) is 24.2 Å². The molecule has 2 aliphatic rings. The average molecular weight is 353 g/mol. The van der Waals surface area contributed by atoms with E-state index in [4.69, 9.17) is 0 Å². The Morgan fingerprint density at radius 1 is 1.17 bits per heavy atom. The number of benzene rings is 1. The fourth-order valence-electron chi connectivity index (χ4n) is 3.27. The normalized spacial score (nSPS) is 20.9. The van der Waals surface area contributed by atoms with Crippen molar-refractivity contribution < 1.29 is 14.7 Å². The molecule has 0 spiro atoms. The number of halogens is 1. The number of hydrogen-bond acceptors (Lipinski definition) is 3. The van der Waals surface area contributed by atoms with Crippen molar-refractivity contribution in [3.05, 3.63) is 35.9 Å². The molecule has 0 aromatic heterocycles. The largest absolute Gasteiger partial charge is 0.481 e. The second kappa shape index (κ2) is 8.49. The maximum atomic E-state index is 12.7. The summed E-state index contributed by atoms with van der Waals surface area (Å²) in [5.41, 5.74) is 1.15. The summed E-state index contributed by atoms with van der Waals surface area (Å²) in [6.45, 7) is 2.30. The Balaban J connectivity index is 0.00000208. The fourth-order valence-corrected chi connectivity index (χ4v) is 3.27. The molecule has 1 aromatic carbocycles. The van der Waals surface area contributed by atoms with E-state index in [1.165, 1.54) is 0 Å². The number of carbonyl (C=O) groups is 2. The van der Waals surface area contributed by atoms with Gasteiger partial charge in [-0.2, -0.15) is 0 Å². The second-order valence-electron chi connectivity index (χ2n) is 6.65. The van der Waals surface area contributed by atoms with Crippen LogP contribution in [0.3, 0.4) is 0 Å². The average Bonchev–Trinajstić information content (AvgIpc) is 3.38. The Kier molecular flexibility index (Phi) is 6.63. The lowest BCUT2D eigenvalue weighted by Gasteiger charge is -2.32. The van der Waals surface area contributed by atoms with Crippen LogP contribution in [0.4, 0.5) is 0 Å². The van der Waals surface area contributed by atoms with Gasteiger partial charge in [-0.15, -0.1) is 12.4 Å². The molecular formula is C18H25ClN2O3. The Hall–Kier alpha value is -1.59. The standard InChI is InChI=1S/C18H24N2O3.ClH/c21-17(13-19-10-4-7-15(12-19)18(22)23)20(16-8-9-16)11-14-5-2-1-3-6-14;/h1-3,5-6,15-16H,4,7-13H2,(H,22,23);1H. The molecule has 5 nitrogen and oxygen atoms in total. The summed E-state index contributed by atoms with van der Waals surface area (Å²) in [6, 6.07) is 10.4. The fraction of sp³-hybridized carbons (Fsp3) is 0.556. The van der Waals surface area contributed by atoms with Crippen LogP contribution in [0.5, 0.6) is 0 Å². The van der Waals surface area contributed by atoms with Crippen molar-refractivity contribution in [2.24, 2.45) is 5.92 Å². The van der Waals surface area contributed by atoms with Crippen molar-refractivity contribution in [2.75, 3.05) is 19.6 Å². The third kappa shape index (κ3) is 4.95. The smallest absolute Gasteiger partial charge is 0.307 e. The molecule has 0 bridgehead atoms. The van der Waals surface area contributed by atoms with Crippen LogP contribution < -0.4 is 0 Å². The van der Waals surface area contributed by atoms with Crippen molar-refractivity contribution in [1.82, 2.24) is 9.80 Å². The summed E-state index contributed by atoms with van der Waals surface area (Å²) in [5.74, 6) is -0.951. The van der Waals surface area contributed by atoms with E-state index >= 15 is 0 Å². The molecule has 1 unspecified atom stereocenters. The first-order chi connectivity index (χ1) is 11.1. The van der Waals surface area contributed by atoms with Crippen LogP contribution in [-0.2, 0) is 16.1 Å². The van der Waals surface area contributed by atoms with Gasteiger partial charge in [-0.05, 0) is 37.8 Å². The van der Waals surface area contributed by atoms with Crippen molar-refractivity contribution >= 4 is 24.3 Å². The molecule has 0 radical (unpaired) electrons. The summed E-state index contributed by atoms with van der Waals surface area (Å²) in [4.78, 5) is 27.8. The third-order valence-corrected chi connectivity index (χ3v) is 4.72. The van der Waals surface area contributed by atoms with E-state index in [1.54, 1.807) is 0 Å². The molecule has 1 aromatic rings. The Morgan fingerprint density at radius 2 is 1.88 bits per heavy atom. The molecule has 3 rings (SSSR count). The molecular weight excluding hydrogens is 328 g/mol. The summed E-state index contributed by atoms with van der Waals surface area (Å²) >= 11 is 0. The van der Waals surface area contributed by atoms with Crippen molar-refractivity contribution in [1.29, 1.82) is 0 Å². The molecule has 2 fully saturated rings. The van der Waals surface area contributed by atoms with Crippen LogP contribution in [0, 0.1) is 5.92 Å². The van der Waals surface area contributed by atoms with Gasteiger partial charge < -0.3 is 10.0 Å². The van der Waals surface area contributed by atoms with Crippen LogP contribution in [0.1, 0.15) is 31.2 Å². The highest BCUT2D eigenvalue weighted by atomic mass is 35.5. The van der Waals surface area contributed by atoms with Gasteiger partial charge in [-0.1, -0.05) is 30.3 Å². The number of hydrogen-bond donors (Lipinski definition) is 1. The van der Waals surface area contributed by atoms with Crippen LogP contribution in [0.25, 0.3) is 0 Å². The van der Waals surface area contributed by atoms with Gasteiger partial charge in [0.05, 0.1) is 12.5 Å². The number of aliphatic carboxylic acids is 1. The molecule has 1 heterocycles. The zero-order valence-corrected chi connectivity index (χ0v) is 14.6. The highest BCUT2D eigenvalue weighted by molar-refractivity contribution is 5.85. The molecule has 1 atom stereocenters. The predicted molar refractivity (Wildman–Crippen MR) is 94.1 cm³/mol. The van der Waals surface area contributed by atoms with E-state index < -0.39 is 5.97 Å². The van der Waals surface area contributed by atoms with Gasteiger partial charge in [0.25, 0.3) is 0 Å². The summed E-state index contributed by atoms with van der Waals surface area (Å²) in [7, 11) is 0. The van der Waals surface area contributed by atoms with Gasteiger partial charge in [-0.25, -0.2) is 0 Å². The van der Waals surface area contributed by atoms with Gasteiger partial charge in [0.2, 0.25) is 5.91 Å². The minimum atomic E-state index is -0.745. The molecule has 1 aliphatic carbocycles. The SMILES string of the molecule is Cl.O=C(O)C1CCCN(CC(=O)N(Cc2ccccc2)C2CC2)C1. The summed E-state index contributed by atoms with van der Waals surface area (Å²) < 4.78 is 0. The van der Waals surface area contributed by atoms with Crippen LogP contribution in [-0.4, -0.2) is 52.5 Å². The van der Waals surface area contributed by atoms with Gasteiger partial charge in [-0.3, -0.25) is 14.5 Å². The first-order valence-electron chi connectivity index (χ1n) is 8.42. The van der Waals surface area contributed by atoms with Gasteiger partial charge >= 0.3 is 5.97 Å². The van der Waals surface area contributed by atoms with Gasteiger partial charge in [0.1, 0.15) is 0 Å². The highest BCUT2D eigenvalue weighted by Crippen LogP contribution is 2.29. The Labute approximate surface area is 149 Å². The quantitative estimate of drug-likeness (QED) is 0.854. The van der Waals surface area contributed by atoms with Crippen LogP contribution >= 0.6 is 12.4 Å². The number of rotatable bonds is 6. The molecule has 1 saturated carbocycles. The van der Waals surface area contributed by atoms with E-state index in [2.05, 4.69) is 0 Å². The maximum absolute atomic E-state index is 12.7. The minimum Gasteiger partial charge on any atom is -0.481 e. The van der Waals surface area contributed by atoms with E-state index in [1.807, 2.05) is 40.1 Å². The number of carboxylic acid groups (broad SMARTS) is 1. The van der Waals surface area contributed by atoms with Crippen LogP contribution in [0.15, 0.2) is 30.3 Å². The molecule has 1 amide bonds. The van der Waals surface area contributed by atoms with Crippen molar-refractivity contribution in [2.45, 2.75) is 38.3 Å². The summed E-state index contributed by atoms with van der Waals surface area (Å²) in [6.07, 6.45) is 3.73. The molecule has 24 heavy (non-hydrogen) atoms. The number of nitrogens with zero attached hydrogens (tertiary/aromatic N) is 2. The lowest BCUT2D eigenvalue weighted by molar-refractivity contribution is -0.145. The zero-order valence-electron chi connectivity index (χ0n) is 13.8. The zero-order chi connectivity index (χ0) is 16.2. The lowest BCUT2D eigenvalue weighted by atomic mass is 9.98. The monoisotopic (exact) mass is 352 g/mol. The van der Waals surface area contributed by atoms with E-state index in [0.29, 0.717) is 25.7 Å². The maximum Gasteiger partial charge on any atom is 0.307 e. The van der Waals surface area contributed by atoms with Crippen molar-refractivity contribution in [3.8, 4) is 0 Å². The number of likely N-dealkylation sites (tertiary alicyclic amines) is 1. The molecule has 6 heteroatoms. The molecule has 132 valence electrons. The topological polar surface area (TPSA) is 60.9 Å². The number of carbonyl (C=O) groups excluding carboxylic acids is 1. The first-order valence-corrected chi connectivity index (χ1v) is 8.42. The Morgan fingerprint density at radius 3 is 2.50 bits per heavy atom. The lowest BCUT2D eigenvalue weighted by Crippen LogP contribution is -2.46. The molecule has 1 aliphatic heterocycles. The van der Waals surface area contributed by atoms with Gasteiger partial charge in [0.15, 0.2) is 0 Å². The first kappa shape index (κ1) is 18.7. The minimum absolute atomic E-state index is 0. The van der Waals surface area contributed by atoms with Gasteiger partial charge in [0, 0.05) is 19.1 Å². The number of amides is 1. The molecule has 1 N–H and O–H groups in total. The van der Waals surface area contributed by atoms with E-state index in [0.717, 1.165) is 37.8 Å². The highest BCUT2D eigenvalue weighted by Gasteiger charge is 2.34. The summed E-state index contributed by atoms with van der Waals surface area (Å²) in [5, 5.41) is 9.17. The Bertz CT molecular complexity index is 563. The molecule has 1 saturated heterocycles. The van der Waals surface area contributed by atoms with Crippen LogP contribution in [0.2, 0.25) is 0 Å². The predicted octanol–water partition coefficient (Wildman–Crippen LogP) is 2.40. The third-order valence-electron chi connectivity index (χ3n) is 4.72. The van der Waals surface area contributed by atoms with E-state index in [9.17, 15) is 14.7 Å². The second-order valence-corrected chi connectivity index (χ2v) is 6.65. The number of carboxylic acids is 1.